The molecule has 1 N–H and O–H groups in total. The monoisotopic (exact) mass is 654 g/mol. The van der Waals surface area contributed by atoms with Crippen molar-refractivity contribution in [3.05, 3.63) is 181 Å². The second-order valence-electron chi connectivity index (χ2n) is 13.2. The lowest BCUT2D eigenvalue weighted by Gasteiger charge is -2.25. The summed E-state index contributed by atoms with van der Waals surface area (Å²) in [4.78, 5) is 5.36. The fourth-order valence-electron chi connectivity index (χ4n) is 8.12. The third-order valence-corrected chi connectivity index (χ3v) is 10.3. The van der Waals surface area contributed by atoms with Crippen molar-refractivity contribution in [2.24, 2.45) is 4.99 Å². The zero-order valence-corrected chi connectivity index (χ0v) is 27.5. The quantitative estimate of drug-likeness (QED) is 0.205. The van der Waals surface area contributed by atoms with Crippen LogP contribution in [0.25, 0.3) is 77.1 Å². The zero-order chi connectivity index (χ0) is 33.5. The van der Waals surface area contributed by atoms with Gasteiger partial charge in [0.15, 0.2) is 0 Å². The fraction of sp³-hybridized carbons (Fsp3) is 0.0217. The van der Waals surface area contributed by atoms with E-state index in [0.29, 0.717) is 0 Å². The van der Waals surface area contributed by atoms with Crippen LogP contribution >= 0.6 is 0 Å². The van der Waals surface area contributed by atoms with Crippen LogP contribution in [0.5, 0.6) is 0 Å². The first-order chi connectivity index (χ1) is 25.3. The number of hydrogen-bond donors (Lipinski definition) is 1. The number of nitrogens with zero attached hydrogens (tertiary/aromatic N) is 3. The van der Waals surface area contributed by atoms with Crippen molar-refractivity contribution in [3.8, 4) is 5.69 Å². The molecule has 240 valence electrons. The van der Waals surface area contributed by atoms with E-state index in [1.807, 2.05) is 12.1 Å². The minimum Gasteiger partial charge on any atom is -0.456 e. The molecule has 0 bridgehead atoms. The second-order valence-corrected chi connectivity index (χ2v) is 13.2. The molecule has 0 amide bonds. The Balaban J connectivity index is 1.28. The first kappa shape index (κ1) is 28.0. The minimum atomic E-state index is -0.0641. The van der Waals surface area contributed by atoms with E-state index < -0.39 is 0 Å². The lowest BCUT2D eigenvalue weighted by molar-refractivity contribution is 0.669. The highest BCUT2D eigenvalue weighted by Crippen LogP contribution is 2.44. The van der Waals surface area contributed by atoms with Crippen LogP contribution in [-0.4, -0.2) is 15.0 Å². The van der Waals surface area contributed by atoms with Crippen LogP contribution in [0.2, 0.25) is 0 Å². The molecule has 0 spiro atoms. The van der Waals surface area contributed by atoms with E-state index in [1.165, 1.54) is 27.1 Å². The molecular weight excluding hydrogens is 625 g/mol. The number of furan rings is 1. The molecule has 5 nitrogen and oxygen atoms in total. The van der Waals surface area contributed by atoms with Crippen LogP contribution in [0.1, 0.15) is 17.2 Å². The van der Waals surface area contributed by atoms with Crippen LogP contribution in [-0.2, 0) is 0 Å². The maximum atomic E-state index is 6.44. The van der Waals surface area contributed by atoms with Gasteiger partial charge in [0, 0.05) is 43.6 Å². The van der Waals surface area contributed by atoms with Gasteiger partial charge in [0.25, 0.3) is 0 Å². The zero-order valence-electron chi connectivity index (χ0n) is 27.5. The number of hydrogen-bond acceptors (Lipinski definition) is 3. The predicted octanol–water partition coefficient (Wildman–Crippen LogP) is 11.4. The summed E-state index contributed by atoms with van der Waals surface area (Å²) in [6, 6.07) is 57.8. The van der Waals surface area contributed by atoms with E-state index in [1.54, 1.807) is 0 Å². The van der Waals surface area contributed by atoms with Crippen molar-refractivity contribution < 1.29 is 4.42 Å². The summed E-state index contributed by atoms with van der Waals surface area (Å²) in [5.41, 5.74) is 9.66. The van der Waals surface area contributed by atoms with E-state index in [-0.39, 0.29) is 6.04 Å². The van der Waals surface area contributed by atoms with Gasteiger partial charge in [0.05, 0.1) is 28.1 Å². The number of amidine groups is 1. The smallest absolute Gasteiger partial charge is 0.138 e. The van der Waals surface area contributed by atoms with Gasteiger partial charge in [-0.15, -0.1) is 0 Å². The van der Waals surface area contributed by atoms with Crippen molar-refractivity contribution in [2.75, 3.05) is 0 Å². The third kappa shape index (κ3) is 4.18. The molecule has 0 saturated carbocycles. The Morgan fingerprint density at radius 2 is 1.16 bits per heavy atom. The van der Waals surface area contributed by atoms with Crippen LogP contribution in [0.4, 0.5) is 0 Å². The van der Waals surface area contributed by atoms with Crippen molar-refractivity contribution in [3.63, 3.8) is 0 Å². The summed E-state index contributed by atoms with van der Waals surface area (Å²) in [5, 5.41) is 10.7. The van der Waals surface area contributed by atoms with E-state index in [2.05, 4.69) is 172 Å². The molecule has 1 atom stereocenters. The lowest BCUT2D eigenvalue weighted by atomic mass is 10.0. The van der Waals surface area contributed by atoms with Crippen LogP contribution in [0.3, 0.4) is 0 Å². The molecule has 1 aliphatic rings. The number of benzene rings is 7. The van der Waals surface area contributed by atoms with Gasteiger partial charge in [-0.1, -0.05) is 115 Å². The molecular formula is C46H30N4O. The Bertz CT molecular complexity index is 3040. The molecule has 4 heterocycles. The Hall–Kier alpha value is -6.85. The molecule has 11 rings (SSSR count). The van der Waals surface area contributed by atoms with Crippen molar-refractivity contribution >= 4 is 77.2 Å². The summed E-state index contributed by atoms with van der Waals surface area (Å²) in [6.45, 7) is 0. The number of rotatable bonds is 4. The molecule has 0 radical (unpaired) electrons. The fourth-order valence-corrected chi connectivity index (χ4v) is 8.12. The Labute approximate surface area is 293 Å². The molecule has 0 fully saturated rings. The maximum absolute atomic E-state index is 6.44. The van der Waals surface area contributed by atoms with Gasteiger partial charge in [-0.2, -0.15) is 0 Å². The highest BCUT2D eigenvalue weighted by molar-refractivity contribution is 6.29. The molecule has 3 aromatic heterocycles. The molecule has 0 saturated heterocycles. The van der Waals surface area contributed by atoms with E-state index in [0.717, 1.165) is 66.9 Å². The first-order valence-corrected chi connectivity index (χ1v) is 17.3. The largest absolute Gasteiger partial charge is 0.456 e. The number of aromatic nitrogens is 2. The summed E-state index contributed by atoms with van der Waals surface area (Å²) in [6.07, 6.45) is 2.26. The van der Waals surface area contributed by atoms with E-state index in [4.69, 9.17) is 9.41 Å². The molecule has 1 unspecified atom stereocenters. The topological polar surface area (TPSA) is 47.4 Å². The second kappa shape index (κ2) is 10.8. The Morgan fingerprint density at radius 3 is 1.98 bits per heavy atom. The van der Waals surface area contributed by atoms with Crippen LogP contribution < -0.4 is 5.32 Å². The van der Waals surface area contributed by atoms with Gasteiger partial charge in [-0.05, 0) is 60.2 Å². The lowest BCUT2D eigenvalue weighted by Crippen LogP contribution is -2.31. The number of fused-ring (bicyclic) bond motifs is 10. The Kier molecular flexibility index (Phi) is 5.95. The first-order valence-electron chi connectivity index (χ1n) is 17.3. The number of para-hydroxylation sites is 3. The van der Waals surface area contributed by atoms with Gasteiger partial charge < -0.3 is 14.3 Å². The average molecular weight is 655 g/mol. The van der Waals surface area contributed by atoms with Crippen molar-refractivity contribution in [2.45, 2.75) is 6.04 Å². The highest BCUT2D eigenvalue weighted by Gasteiger charge is 2.25. The van der Waals surface area contributed by atoms with Gasteiger partial charge in [0.2, 0.25) is 0 Å². The average Bonchev–Trinajstić information content (AvgIpc) is 3.85. The summed E-state index contributed by atoms with van der Waals surface area (Å²) in [7, 11) is 0. The van der Waals surface area contributed by atoms with Gasteiger partial charge in [-0.3, -0.25) is 4.57 Å². The van der Waals surface area contributed by atoms with Crippen molar-refractivity contribution in [1.82, 2.24) is 14.5 Å². The van der Waals surface area contributed by atoms with Gasteiger partial charge in [-0.25, -0.2) is 4.99 Å². The van der Waals surface area contributed by atoms with Crippen LogP contribution in [0, 0.1) is 0 Å². The summed E-state index contributed by atoms with van der Waals surface area (Å²) in [5.74, 6) is 1.74. The normalized spacial score (nSPS) is 14.9. The summed E-state index contributed by atoms with van der Waals surface area (Å²) >= 11 is 0. The Morgan fingerprint density at radius 1 is 0.490 bits per heavy atom. The molecule has 5 heteroatoms. The number of nitrogens with one attached hydrogen (secondary N) is 1. The molecule has 7 aromatic carbocycles. The van der Waals surface area contributed by atoms with E-state index in [9.17, 15) is 0 Å². The highest BCUT2D eigenvalue weighted by atomic mass is 16.3. The van der Waals surface area contributed by atoms with Crippen molar-refractivity contribution in [1.29, 1.82) is 0 Å². The number of aliphatic imine (C=N–C) groups is 1. The van der Waals surface area contributed by atoms with E-state index >= 15 is 0 Å². The maximum Gasteiger partial charge on any atom is 0.138 e. The minimum absolute atomic E-state index is 0.0641. The molecule has 10 aromatic rings. The standard InChI is InChI=1S/C46H30N4O/c1-4-14-29(15-5-1)36-28-43(48-46(47-36)30-16-6-2-7-17-30)50-37-22-12-10-20-32(37)34-26-40-35(27-39(34)50)44-38(49(40)31-18-8-3-9-19-31)24-25-42-45(44)33-21-11-13-23-41(33)51-42/h1-28,36H,(H,47,48). The molecule has 0 aliphatic carbocycles. The van der Waals surface area contributed by atoms with Gasteiger partial charge >= 0.3 is 0 Å². The predicted molar refractivity (Wildman–Crippen MR) is 211 cm³/mol. The summed E-state index contributed by atoms with van der Waals surface area (Å²) < 4.78 is 11.2. The SMILES string of the molecule is C1=C(n2c3ccccc3c3cc4c(cc32)c2c3c(ccc2n4-c2ccccc2)oc2ccccc23)N=C(c2ccccc2)NC1c1ccccc1. The van der Waals surface area contributed by atoms with Crippen LogP contribution in [0.15, 0.2) is 179 Å². The molecule has 51 heavy (non-hydrogen) atoms. The molecule has 1 aliphatic heterocycles. The third-order valence-electron chi connectivity index (χ3n) is 10.3. The van der Waals surface area contributed by atoms with Gasteiger partial charge in [0.1, 0.15) is 22.8 Å².